The van der Waals surface area contributed by atoms with Crippen LogP contribution in [0.2, 0.25) is 0 Å². The number of rotatable bonds is 4. The van der Waals surface area contributed by atoms with Crippen molar-refractivity contribution in [3.8, 4) is 0 Å². The Balaban J connectivity index is 2.40. The molecule has 0 N–H and O–H groups in total. The molecule has 0 saturated heterocycles. The molecule has 2 aliphatic carbocycles. The molecule has 0 atom stereocenters. The van der Waals surface area contributed by atoms with Crippen LogP contribution in [0.1, 0.15) is 78.1 Å². The van der Waals surface area contributed by atoms with E-state index in [1.54, 1.807) is 0 Å². The van der Waals surface area contributed by atoms with Gasteiger partial charge in [0.1, 0.15) is 0 Å². The average molecular weight is 258 g/mol. The molecular formula is C14H26O2S. The summed E-state index contributed by atoms with van der Waals surface area (Å²) in [5, 5.41) is 0. The Morgan fingerprint density at radius 2 is 1.06 bits per heavy atom. The quantitative estimate of drug-likeness (QED) is 0.767. The molecule has 0 spiro atoms. The Hall–Kier alpha value is -0.0500. The van der Waals surface area contributed by atoms with Gasteiger partial charge in [0.25, 0.3) is 0 Å². The molecule has 100 valence electrons. The van der Waals surface area contributed by atoms with Crippen LogP contribution in [-0.2, 0) is 9.84 Å². The van der Waals surface area contributed by atoms with E-state index >= 15 is 0 Å². The van der Waals surface area contributed by atoms with E-state index in [4.69, 9.17) is 0 Å². The summed E-state index contributed by atoms with van der Waals surface area (Å²) in [5.41, 5.74) is 0. The van der Waals surface area contributed by atoms with Crippen LogP contribution < -0.4 is 0 Å². The van der Waals surface area contributed by atoms with Crippen molar-refractivity contribution in [1.82, 2.24) is 0 Å². The minimum Gasteiger partial charge on any atom is -0.228 e. The summed E-state index contributed by atoms with van der Waals surface area (Å²) in [4.78, 5) is 0. The van der Waals surface area contributed by atoms with Crippen molar-refractivity contribution in [2.24, 2.45) is 0 Å². The molecule has 0 amide bonds. The summed E-state index contributed by atoms with van der Waals surface area (Å²) in [6.45, 7) is 4.14. The summed E-state index contributed by atoms with van der Waals surface area (Å²) >= 11 is 0. The van der Waals surface area contributed by atoms with E-state index in [9.17, 15) is 8.42 Å². The van der Waals surface area contributed by atoms with Crippen LogP contribution in [0.3, 0.4) is 0 Å². The fraction of sp³-hybridized carbons (Fsp3) is 1.00. The van der Waals surface area contributed by atoms with Crippen LogP contribution in [-0.4, -0.2) is 17.9 Å². The van der Waals surface area contributed by atoms with Gasteiger partial charge in [0.2, 0.25) is 0 Å². The van der Waals surface area contributed by atoms with Gasteiger partial charge in [-0.1, -0.05) is 39.5 Å². The highest BCUT2D eigenvalue weighted by Crippen LogP contribution is 2.50. The van der Waals surface area contributed by atoms with Crippen molar-refractivity contribution in [3.63, 3.8) is 0 Å². The molecule has 0 aromatic carbocycles. The van der Waals surface area contributed by atoms with Crippen molar-refractivity contribution >= 4 is 9.84 Å². The van der Waals surface area contributed by atoms with Crippen molar-refractivity contribution in [2.45, 2.75) is 87.5 Å². The third-order valence-electron chi connectivity index (χ3n) is 5.46. The average Bonchev–Trinajstić information content (AvgIpc) is 2.99. The Labute approximate surface area is 106 Å². The van der Waals surface area contributed by atoms with E-state index in [0.717, 1.165) is 64.2 Å². The molecule has 0 heterocycles. The fourth-order valence-electron chi connectivity index (χ4n) is 4.12. The third-order valence-corrected chi connectivity index (χ3v) is 9.13. The Bertz CT molecular complexity index is 328. The summed E-state index contributed by atoms with van der Waals surface area (Å²) < 4.78 is 25.5. The first kappa shape index (κ1) is 13.4. The van der Waals surface area contributed by atoms with Gasteiger partial charge in [0.05, 0.1) is 9.49 Å². The fourth-order valence-corrected chi connectivity index (χ4v) is 7.45. The van der Waals surface area contributed by atoms with E-state index in [1.807, 2.05) is 0 Å². The highest BCUT2D eigenvalue weighted by molar-refractivity contribution is 7.94. The second kappa shape index (κ2) is 4.56. The van der Waals surface area contributed by atoms with Crippen LogP contribution in [0.15, 0.2) is 0 Å². The van der Waals surface area contributed by atoms with Crippen LogP contribution in [0.25, 0.3) is 0 Å². The molecule has 3 heteroatoms. The molecule has 2 saturated carbocycles. The van der Waals surface area contributed by atoms with Gasteiger partial charge in [-0.05, 0) is 38.5 Å². The van der Waals surface area contributed by atoms with E-state index < -0.39 is 9.84 Å². The topological polar surface area (TPSA) is 34.1 Å². The first-order valence-corrected chi connectivity index (χ1v) is 8.76. The maximum absolute atomic E-state index is 13.1. The maximum atomic E-state index is 13.1. The molecule has 2 fully saturated rings. The van der Waals surface area contributed by atoms with Crippen LogP contribution >= 0.6 is 0 Å². The van der Waals surface area contributed by atoms with Gasteiger partial charge in [0.15, 0.2) is 9.84 Å². The largest absolute Gasteiger partial charge is 0.228 e. The monoisotopic (exact) mass is 258 g/mol. The van der Waals surface area contributed by atoms with E-state index in [0.29, 0.717) is 0 Å². The van der Waals surface area contributed by atoms with Gasteiger partial charge >= 0.3 is 0 Å². The molecule has 0 unspecified atom stereocenters. The summed E-state index contributed by atoms with van der Waals surface area (Å²) in [6.07, 6.45) is 9.69. The normalized spacial score (nSPS) is 27.4. The first-order chi connectivity index (χ1) is 8.04. The second-order valence-electron chi connectivity index (χ2n) is 5.99. The van der Waals surface area contributed by atoms with Crippen LogP contribution in [0.5, 0.6) is 0 Å². The summed E-state index contributed by atoms with van der Waals surface area (Å²) in [5.74, 6) is 0. The smallest absolute Gasteiger partial charge is 0.161 e. The standard InChI is InChI=1S/C14H26O2S/c1-3-13(9-5-6-10-13)17(15,16)14(4-2)11-7-8-12-14/h3-12H2,1-2H3. The van der Waals surface area contributed by atoms with Crippen molar-refractivity contribution < 1.29 is 8.42 Å². The SMILES string of the molecule is CCC1(S(=O)(=O)C2(CC)CCCC2)CCCC1. The minimum absolute atomic E-state index is 0.368. The number of hydrogen-bond acceptors (Lipinski definition) is 2. The van der Waals surface area contributed by atoms with Gasteiger partial charge in [-0.25, -0.2) is 8.42 Å². The summed E-state index contributed by atoms with van der Waals surface area (Å²) in [7, 11) is -2.96. The zero-order chi connectivity index (χ0) is 12.6. The predicted octanol–water partition coefficient (Wildman–Crippen LogP) is 3.85. The minimum atomic E-state index is -2.96. The Kier molecular flexibility index (Phi) is 3.59. The zero-order valence-electron chi connectivity index (χ0n) is 11.3. The van der Waals surface area contributed by atoms with Gasteiger partial charge in [0, 0.05) is 0 Å². The molecule has 0 aliphatic heterocycles. The van der Waals surface area contributed by atoms with E-state index in [1.165, 1.54) is 0 Å². The Morgan fingerprint density at radius 3 is 1.29 bits per heavy atom. The van der Waals surface area contributed by atoms with Crippen molar-refractivity contribution in [3.05, 3.63) is 0 Å². The molecular weight excluding hydrogens is 232 g/mol. The van der Waals surface area contributed by atoms with Crippen molar-refractivity contribution in [2.75, 3.05) is 0 Å². The highest BCUT2D eigenvalue weighted by Gasteiger charge is 2.55. The predicted molar refractivity (Wildman–Crippen MR) is 71.9 cm³/mol. The van der Waals surface area contributed by atoms with Crippen LogP contribution in [0.4, 0.5) is 0 Å². The second-order valence-corrected chi connectivity index (χ2v) is 8.73. The lowest BCUT2D eigenvalue weighted by Crippen LogP contribution is -2.49. The van der Waals surface area contributed by atoms with E-state index in [2.05, 4.69) is 13.8 Å². The van der Waals surface area contributed by atoms with Gasteiger partial charge in [-0.3, -0.25) is 0 Å². The van der Waals surface area contributed by atoms with E-state index in [-0.39, 0.29) is 9.49 Å². The number of hydrogen-bond donors (Lipinski definition) is 0. The van der Waals surface area contributed by atoms with Gasteiger partial charge in [-0.15, -0.1) is 0 Å². The highest BCUT2D eigenvalue weighted by atomic mass is 32.2. The van der Waals surface area contributed by atoms with Gasteiger partial charge < -0.3 is 0 Å². The number of sulfone groups is 1. The molecule has 0 radical (unpaired) electrons. The lowest BCUT2D eigenvalue weighted by atomic mass is 10.0. The molecule has 2 nitrogen and oxygen atoms in total. The lowest BCUT2D eigenvalue weighted by molar-refractivity contribution is 0.441. The molecule has 2 rings (SSSR count). The van der Waals surface area contributed by atoms with Crippen LogP contribution in [0, 0.1) is 0 Å². The Morgan fingerprint density at radius 1 is 0.765 bits per heavy atom. The van der Waals surface area contributed by atoms with Crippen molar-refractivity contribution in [1.29, 1.82) is 0 Å². The maximum Gasteiger partial charge on any atom is 0.161 e. The summed E-state index contributed by atoms with van der Waals surface area (Å²) in [6, 6.07) is 0. The van der Waals surface area contributed by atoms with Gasteiger partial charge in [-0.2, -0.15) is 0 Å². The molecule has 2 aliphatic rings. The zero-order valence-corrected chi connectivity index (χ0v) is 12.1. The third kappa shape index (κ3) is 1.76. The molecule has 0 bridgehead atoms. The molecule has 0 aromatic heterocycles. The molecule has 0 aromatic rings. The first-order valence-electron chi connectivity index (χ1n) is 7.28. The molecule has 17 heavy (non-hydrogen) atoms. The lowest BCUT2D eigenvalue weighted by Gasteiger charge is -2.38.